The average Bonchev–Trinajstić information content (AvgIpc) is 2.25. The molecule has 92 valence electrons. The molecular weight excluding hydrogens is 230 g/mol. The van der Waals surface area contributed by atoms with Crippen molar-refractivity contribution >= 4 is 17.7 Å². The molecule has 0 atom stereocenters. The summed E-state index contributed by atoms with van der Waals surface area (Å²) in [5.41, 5.74) is 3.83. The van der Waals surface area contributed by atoms with Crippen molar-refractivity contribution in [3.8, 4) is 0 Å². The first kappa shape index (κ1) is 13.8. The number of carbonyl (C=O) groups excluding carboxylic acids is 1. The Bertz CT molecular complexity index is 381. The predicted octanol–water partition coefficient (Wildman–Crippen LogP) is 2.84. The topological polar surface area (TPSA) is 29.1 Å². The Morgan fingerprint density at radius 2 is 2.00 bits per heavy atom. The van der Waals surface area contributed by atoms with Gasteiger partial charge in [-0.05, 0) is 19.4 Å². The second-order valence-corrected chi connectivity index (χ2v) is 5.07. The summed E-state index contributed by atoms with van der Waals surface area (Å²) >= 11 is 1.64. The van der Waals surface area contributed by atoms with E-state index in [1.165, 1.54) is 16.7 Å². The van der Waals surface area contributed by atoms with E-state index in [0.29, 0.717) is 12.3 Å². The molecule has 0 radical (unpaired) electrons. The molecule has 3 heteroatoms. The molecule has 17 heavy (non-hydrogen) atoms. The van der Waals surface area contributed by atoms with Gasteiger partial charge in [-0.3, -0.25) is 4.79 Å². The highest BCUT2D eigenvalue weighted by molar-refractivity contribution is 7.99. The van der Waals surface area contributed by atoms with Gasteiger partial charge in [0.25, 0.3) is 0 Å². The van der Waals surface area contributed by atoms with E-state index in [1.807, 2.05) is 0 Å². The fourth-order valence-corrected chi connectivity index (χ4v) is 2.44. The van der Waals surface area contributed by atoms with Crippen LogP contribution in [0, 0.1) is 13.8 Å². The summed E-state index contributed by atoms with van der Waals surface area (Å²) in [6.45, 7) is 8.29. The van der Waals surface area contributed by atoms with E-state index < -0.39 is 0 Å². The number of rotatable bonds is 6. The fourth-order valence-electron chi connectivity index (χ4n) is 1.65. The average molecular weight is 249 g/mol. The highest BCUT2D eigenvalue weighted by atomic mass is 32.2. The predicted molar refractivity (Wildman–Crippen MR) is 75.3 cm³/mol. The van der Waals surface area contributed by atoms with E-state index in [4.69, 9.17) is 0 Å². The minimum Gasteiger partial charge on any atom is -0.352 e. The molecule has 0 heterocycles. The Hall–Kier alpha value is -1.22. The van der Waals surface area contributed by atoms with Crippen LogP contribution in [0.2, 0.25) is 0 Å². The maximum absolute atomic E-state index is 11.3. The maximum atomic E-state index is 11.3. The number of aryl methyl sites for hydroxylation is 2. The summed E-state index contributed by atoms with van der Waals surface area (Å²) in [5, 5.41) is 2.76. The third-order valence-corrected chi connectivity index (χ3v) is 3.23. The number of hydrogen-bond acceptors (Lipinski definition) is 2. The Kier molecular flexibility index (Phi) is 5.84. The monoisotopic (exact) mass is 249 g/mol. The Balaban J connectivity index is 2.35. The van der Waals surface area contributed by atoms with Crippen molar-refractivity contribution in [3.63, 3.8) is 0 Å². The van der Waals surface area contributed by atoms with Gasteiger partial charge in [0.15, 0.2) is 0 Å². The third kappa shape index (κ3) is 5.59. The highest BCUT2D eigenvalue weighted by Crippen LogP contribution is 2.15. The van der Waals surface area contributed by atoms with Crippen molar-refractivity contribution in [2.24, 2.45) is 0 Å². The number of thioether (sulfide) groups is 1. The minimum absolute atomic E-state index is 0.0688. The van der Waals surface area contributed by atoms with E-state index in [9.17, 15) is 4.79 Å². The largest absolute Gasteiger partial charge is 0.352 e. The lowest BCUT2D eigenvalue weighted by molar-refractivity contribution is -0.118. The summed E-state index contributed by atoms with van der Waals surface area (Å²) < 4.78 is 0. The molecule has 1 aromatic rings. The highest BCUT2D eigenvalue weighted by Gasteiger charge is 2.01. The van der Waals surface area contributed by atoms with Crippen molar-refractivity contribution in [3.05, 3.63) is 47.5 Å². The smallest absolute Gasteiger partial charge is 0.230 e. The van der Waals surface area contributed by atoms with Crippen LogP contribution >= 0.6 is 11.8 Å². The maximum Gasteiger partial charge on any atom is 0.230 e. The van der Waals surface area contributed by atoms with Crippen LogP contribution in [0.15, 0.2) is 30.9 Å². The lowest BCUT2D eigenvalue weighted by Crippen LogP contribution is -2.24. The summed E-state index contributed by atoms with van der Waals surface area (Å²) in [6.07, 6.45) is 1.69. The molecule has 1 amide bonds. The summed E-state index contributed by atoms with van der Waals surface area (Å²) in [6, 6.07) is 6.49. The molecule has 0 aliphatic carbocycles. The van der Waals surface area contributed by atoms with Crippen molar-refractivity contribution in [1.82, 2.24) is 5.32 Å². The molecule has 0 unspecified atom stereocenters. The molecule has 1 rings (SSSR count). The normalized spacial score (nSPS) is 10.0. The summed E-state index contributed by atoms with van der Waals surface area (Å²) in [5.74, 6) is 1.45. The molecule has 2 nitrogen and oxygen atoms in total. The molecule has 0 aromatic heterocycles. The van der Waals surface area contributed by atoms with Crippen LogP contribution in [0.4, 0.5) is 0 Å². The van der Waals surface area contributed by atoms with Crippen LogP contribution in [-0.2, 0) is 10.5 Å². The minimum atomic E-state index is 0.0688. The van der Waals surface area contributed by atoms with Crippen LogP contribution < -0.4 is 5.32 Å². The molecule has 1 N–H and O–H groups in total. The number of carbonyl (C=O) groups is 1. The molecular formula is C14H19NOS. The Morgan fingerprint density at radius 1 is 1.35 bits per heavy atom. The molecule has 0 saturated heterocycles. The second kappa shape index (κ2) is 7.17. The third-order valence-electron chi connectivity index (χ3n) is 2.23. The van der Waals surface area contributed by atoms with E-state index in [0.717, 1.165) is 5.75 Å². The van der Waals surface area contributed by atoms with Crippen LogP contribution in [0.3, 0.4) is 0 Å². The molecule has 0 aliphatic rings. The van der Waals surface area contributed by atoms with Crippen LogP contribution in [0.5, 0.6) is 0 Å². The van der Waals surface area contributed by atoms with Gasteiger partial charge in [0, 0.05) is 12.3 Å². The second-order valence-electron chi connectivity index (χ2n) is 4.08. The van der Waals surface area contributed by atoms with Gasteiger partial charge >= 0.3 is 0 Å². The lowest BCUT2D eigenvalue weighted by atomic mass is 10.1. The number of hydrogen-bond donors (Lipinski definition) is 1. The summed E-state index contributed by atoms with van der Waals surface area (Å²) in [7, 11) is 0. The van der Waals surface area contributed by atoms with Crippen LogP contribution in [-0.4, -0.2) is 18.2 Å². The molecule has 0 bridgehead atoms. The first-order valence-electron chi connectivity index (χ1n) is 5.64. The lowest BCUT2D eigenvalue weighted by Gasteiger charge is -2.05. The molecule has 0 saturated carbocycles. The van der Waals surface area contributed by atoms with Crippen molar-refractivity contribution in [1.29, 1.82) is 0 Å². The SMILES string of the molecule is C=CCNC(=O)CSCc1cc(C)cc(C)c1. The fraction of sp³-hybridized carbons (Fsp3) is 0.357. The van der Waals surface area contributed by atoms with E-state index in [2.05, 4.69) is 43.9 Å². The van der Waals surface area contributed by atoms with Gasteiger partial charge in [0.2, 0.25) is 5.91 Å². The van der Waals surface area contributed by atoms with Gasteiger partial charge in [-0.2, -0.15) is 0 Å². The Morgan fingerprint density at radius 3 is 2.59 bits per heavy atom. The van der Waals surface area contributed by atoms with Crippen molar-refractivity contribution in [2.45, 2.75) is 19.6 Å². The zero-order valence-electron chi connectivity index (χ0n) is 10.5. The molecule has 0 aliphatic heterocycles. The number of amides is 1. The van der Waals surface area contributed by atoms with Gasteiger partial charge in [-0.1, -0.05) is 35.4 Å². The number of benzene rings is 1. The van der Waals surface area contributed by atoms with E-state index in [-0.39, 0.29) is 5.91 Å². The van der Waals surface area contributed by atoms with Gasteiger partial charge in [0.1, 0.15) is 0 Å². The van der Waals surface area contributed by atoms with E-state index in [1.54, 1.807) is 17.8 Å². The quantitative estimate of drug-likeness (QED) is 0.785. The number of nitrogens with one attached hydrogen (secondary N) is 1. The molecule has 0 fully saturated rings. The zero-order valence-corrected chi connectivity index (χ0v) is 11.3. The van der Waals surface area contributed by atoms with E-state index >= 15 is 0 Å². The zero-order chi connectivity index (χ0) is 12.7. The van der Waals surface area contributed by atoms with Crippen molar-refractivity contribution in [2.75, 3.05) is 12.3 Å². The van der Waals surface area contributed by atoms with Gasteiger partial charge in [-0.15, -0.1) is 18.3 Å². The Labute approximate surface area is 107 Å². The van der Waals surface area contributed by atoms with Gasteiger partial charge < -0.3 is 5.32 Å². The van der Waals surface area contributed by atoms with Crippen molar-refractivity contribution < 1.29 is 4.79 Å². The molecule has 0 spiro atoms. The summed E-state index contributed by atoms with van der Waals surface area (Å²) in [4.78, 5) is 11.3. The van der Waals surface area contributed by atoms with Crippen LogP contribution in [0.1, 0.15) is 16.7 Å². The first-order chi connectivity index (χ1) is 8.11. The van der Waals surface area contributed by atoms with Gasteiger partial charge in [-0.25, -0.2) is 0 Å². The van der Waals surface area contributed by atoms with Crippen LogP contribution in [0.25, 0.3) is 0 Å². The van der Waals surface area contributed by atoms with Gasteiger partial charge in [0.05, 0.1) is 5.75 Å². The molecule has 1 aromatic carbocycles. The first-order valence-corrected chi connectivity index (χ1v) is 6.80. The standard InChI is InChI=1S/C14H19NOS/c1-4-5-15-14(16)10-17-9-13-7-11(2)6-12(3)8-13/h4,6-8H,1,5,9-10H2,2-3H3,(H,15,16).